The Morgan fingerprint density at radius 3 is 2.43 bits per heavy atom. The van der Waals surface area contributed by atoms with E-state index in [4.69, 9.17) is 9.47 Å². The third kappa shape index (κ3) is 4.00. The van der Waals surface area contributed by atoms with Crippen molar-refractivity contribution in [1.29, 1.82) is 0 Å². The first kappa shape index (κ1) is 17.7. The molecule has 128 valence electrons. The van der Waals surface area contributed by atoms with Gasteiger partial charge in [0, 0.05) is 5.69 Å². The lowest BCUT2D eigenvalue weighted by atomic mass is 10.1. The number of rotatable bonds is 5. The summed E-state index contributed by atoms with van der Waals surface area (Å²) in [7, 11) is 0. The second kappa shape index (κ2) is 7.27. The monoisotopic (exact) mass is 323 g/mol. The number of aromatic nitrogens is 1. The van der Waals surface area contributed by atoms with E-state index in [1.165, 1.54) is 4.90 Å². The van der Waals surface area contributed by atoms with Crippen LogP contribution in [0.2, 0.25) is 0 Å². The zero-order valence-corrected chi connectivity index (χ0v) is 14.6. The minimum atomic E-state index is -0.376. The molecular weight excluding hydrogens is 296 g/mol. The van der Waals surface area contributed by atoms with E-state index in [2.05, 4.69) is 4.98 Å². The normalized spacial score (nSPS) is 24.5. The number of hydrogen-bond acceptors (Lipinski definition) is 4. The standard InChI is InChI=1S/C17H26N2O4/c1-6-22-17(21)15-12(4)16(18-13(15)5)14(20)9-19-7-10(2)23-11(3)8-19/h10-11,18H,6-9H2,1-5H3/p+1/t10-,11-/m1/s1. The lowest BCUT2D eigenvalue weighted by Gasteiger charge is -2.31. The van der Waals surface area contributed by atoms with Crippen molar-refractivity contribution in [2.75, 3.05) is 26.2 Å². The second-order valence-electron chi connectivity index (χ2n) is 6.36. The minimum absolute atomic E-state index is 0.0254. The zero-order valence-electron chi connectivity index (χ0n) is 14.6. The summed E-state index contributed by atoms with van der Waals surface area (Å²) in [4.78, 5) is 29.0. The van der Waals surface area contributed by atoms with Crippen molar-refractivity contribution in [3.05, 3.63) is 22.5 Å². The molecule has 1 aliphatic rings. The number of hydrogen-bond donors (Lipinski definition) is 2. The largest absolute Gasteiger partial charge is 0.462 e. The number of carbonyl (C=O) groups excluding carboxylic acids is 2. The fourth-order valence-corrected chi connectivity index (χ4v) is 3.39. The topological polar surface area (TPSA) is 72.8 Å². The zero-order chi connectivity index (χ0) is 17.1. The van der Waals surface area contributed by atoms with Crippen LogP contribution in [0.5, 0.6) is 0 Å². The van der Waals surface area contributed by atoms with Gasteiger partial charge in [0.2, 0.25) is 5.78 Å². The van der Waals surface area contributed by atoms with Crippen molar-refractivity contribution in [1.82, 2.24) is 4.98 Å². The molecule has 1 aromatic heterocycles. The van der Waals surface area contributed by atoms with Gasteiger partial charge in [0.25, 0.3) is 0 Å². The maximum atomic E-state index is 12.6. The number of morpholine rings is 1. The van der Waals surface area contributed by atoms with Gasteiger partial charge in [0.1, 0.15) is 31.8 Å². The molecule has 0 unspecified atom stereocenters. The molecule has 0 spiro atoms. The Bertz CT molecular complexity index is 584. The van der Waals surface area contributed by atoms with E-state index in [0.717, 1.165) is 13.1 Å². The molecular formula is C17H27N2O4+. The quantitative estimate of drug-likeness (QED) is 0.617. The average Bonchev–Trinajstić information content (AvgIpc) is 2.73. The molecule has 0 saturated carbocycles. The molecule has 6 nitrogen and oxygen atoms in total. The first-order valence-corrected chi connectivity index (χ1v) is 8.21. The smallest absolute Gasteiger partial charge is 0.340 e. The number of nitrogens with one attached hydrogen (secondary N) is 2. The van der Waals surface area contributed by atoms with Crippen LogP contribution < -0.4 is 4.90 Å². The Morgan fingerprint density at radius 1 is 1.26 bits per heavy atom. The van der Waals surface area contributed by atoms with Gasteiger partial charge in [-0.05, 0) is 40.2 Å². The Balaban J connectivity index is 2.14. The molecule has 6 heteroatoms. The maximum absolute atomic E-state index is 12.6. The SMILES string of the molecule is CCOC(=O)c1c(C)[nH]c(C(=O)C[NH+]2C[C@@H](C)O[C@H](C)C2)c1C. The molecule has 1 fully saturated rings. The van der Waals surface area contributed by atoms with E-state index in [1.807, 2.05) is 13.8 Å². The number of quaternary nitrogens is 1. The molecule has 0 aliphatic carbocycles. The van der Waals surface area contributed by atoms with Crippen molar-refractivity contribution < 1.29 is 24.0 Å². The predicted octanol–water partition coefficient (Wildman–Crippen LogP) is 0.683. The second-order valence-corrected chi connectivity index (χ2v) is 6.36. The number of aryl methyl sites for hydroxylation is 1. The molecule has 2 heterocycles. The maximum Gasteiger partial charge on any atom is 0.340 e. The summed E-state index contributed by atoms with van der Waals surface area (Å²) in [6.07, 6.45) is 0.311. The molecule has 23 heavy (non-hydrogen) atoms. The van der Waals surface area contributed by atoms with Gasteiger partial charge in [0.15, 0.2) is 0 Å². The van der Waals surface area contributed by atoms with Gasteiger partial charge in [-0.15, -0.1) is 0 Å². The first-order valence-electron chi connectivity index (χ1n) is 8.21. The number of ketones is 1. The van der Waals surface area contributed by atoms with Crippen LogP contribution in [0.1, 0.15) is 52.9 Å². The number of carbonyl (C=O) groups is 2. The Hall–Kier alpha value is -1.66. The Kier molecular flexibility index (Phi) is 5.59. The molecule has 1 aliphatic heterocycles. The number of H-pyrrole nitrogens is 1. The summed E-state index contributed by atoms with van der Waals surface area (Å²) in [6.45, 7) is 11.8. The molecule has 1 saturated heterocycles. The van der Waals surface area contributed by atoms with Crippen LogP contribution in [-0.4, -0.2) is 55.2 Å². The molecule has 0 radical (unpaired) electrons. The fraction of sp³-hybridized carbons (Fsp3) is 0.647. The number of Topliss-reactive ketones (excluding diaryl/α,β-unsaturated/α-hetero) is 1. The van der Waals surface area contributed by atoms with E-state index < -0.39 is 0 Å². The lowest BCUT2D eigenvalue weighted by molar-refractivity contribution is -0.906. The van der Waals surface area contributed by atoms with Gasteiger partial charge < -0.3 is 19.4 Å². The third-order valence-corrected chi connectivity index (χ3v) is 4.22. The van der Waals surface area contributed by atoms with E-state index in [0.29, 0.717) is 35.7 Å². The van der Waals surface area contributed by atoms with Gasteiger partial charge in [-0.1, -0.05) is 0 Å². The van der Waals surface area contributed by atoms with Crippen molar-refractivity contribution in [3.63, 3.8) is 0 Å². The lowest BCUT2D eigenvalue weighted by Crippen LogP contribution is -3.16. The summed E-state index contributed by atoms with van der Waals surface area (Å²) in [5, 5.41) is 0. The highest BCUT2D eigenvalue weighted by Gasteiger charge is 2.30. The summed E-state index contributed by atoms with van der Waals surface area (Å²) in [5.41, 5.74) is 2.36. The third-order valence-electron chi connectivity index (χ3n) is 4.22. The average molecular weight is 323 g/mol. The van der Waals surface area contributed by atoms with E-state index in [9.17, 15) is 9.59 Å². The van der Waals surface area contributed by atoms with Crippen LogP contribution in [0.3, 0.4) is 0 Å². The Labute approximate surface area is 137 Å². The van der Waals surface area contributed by atoms with Crippen LogP contribution in [0.15, 0.2) is 0 Å². The van der Waals surface area contributed by atoms with Gasteiger partial charge in [-0.3, -0.25) is 4.79 Å². The number of esters is 1. The van der Waals surface area contributed by atoms with Crippen molar-refractivity contribution >= 4 is 11.8 Å². The van der Waals surface area contributed by atoms with Gasteiger partial charge in [-0.25, -0.2) is 4.79 Å². The van der Waals surface area contributed by atoms with Crippen molar-refractivity contribution in [2.45, 2.75) is 46.8 Å². The molecule has 2 rings (SSSR count). The van der Waals surface area contributed by atoms with Crippen molar-refractivity contribution in [2.24, 2.45) is 0 Å². The van der Waals surface area contributed by atoms with Crippen LogP contribution in [0.25, 0.3) is 0 Å². The summed E-state index contributed by atoms with van der Waals surface area (Å²) in [5.74, 6) is -0.351. The van der Waals surface area contributed by atoms with Gasteiger partial charge in [0.05, 0.1) is 17.9 Å². The fourth-order valence-electron chi connectivity index (χ4n) is 3.39. The summed E-state index contributed by atoms with van der Waals surface area (Å²) < 4.78 is 10.8. The molecule has 2 N–H and O–H groups in total. The highest BCUT2D eigenvalue weighted by molar-refractivity contribution is 6.01. The van der Waals surface area contributed by atoms with Crippen LogP contribution in [-0.2, 0) is 9.47 Å². The van der Waals surface area contributed by atoms with Gasteiger partial charge >= 0.3 is 5.97 Å². The summed E-state index contributed by atoms with van der Waals surface area (Å²) >= 11 is 0. The molecule has 2 atom stereocenters. The molecule has 0 bridgehead atoms. The minimum Gasteiger partial charge on any atom is -0.462 e. The van der Waals surface area contributed by atoms with Crippen LogP contribution in [0, 0.1) is 13.8 Å². The van der Waals surface area contributed by atoms with Crippen LogP contribution in [0.4, 0.5) is 0 Å². The first-order chi connectivity index (χ1) is 10.8. The highest BCUT2D eigenvalue weighted by atomic mass is 16.5. The predicted molar refractivity (Wildman–Crippen MR) is 86.1 cm³/mol. The summed E-state index contributed by atoms with van der Waals surface area (Å²) in [6, 6.07) is 0. The van der Waals surface area contributed by atoms with Crippen LogP contribution >= 0.6 is 0 Å². The molecule has 0 aromatic carbocycles. The molecule has 0 amide bonds. The van der Waals surface area contributed by atoms with E-state index in [-0.39, 0.29) is 24.0 Å². The van der Waals surface area contributed by atoms with Crippen molar-refractivity contribution in [3.8, 4) is 0 Å². The highest BCUT2D eigenvalue weighted by Crippen LogP contribution is 2.19. The van der Waals surface area contributed by atoms with E-state index in [1.54, 1.807) is 20.8 Å². The molecule has 1 aromatic rings. The van der Waals surface area contributed by atoms with Gasteiger partial charge in [-0.2, -0.15) is 0 Å². The number of aromatic amines is 1. The Morgan fingerprint density at radius 2 is 1.87 bits per heavy atom. The van der Waals surface area contributed by atoms with E-state index >= 15 is 0 Å². The number of ether oxygens (including phenoxy) is 2.